The van der Waals surface area contributed by atoms with Crippen LogP contribution in [0.1, 0.15) is 18.7 Å². The molecule has 5 heteroatoms. The summed E-state index contributed by atoms with van der Waals surface area (Å²) in [5.41, 5.74) is -0.661. The van der Waals surface area contributed by atoms with Gasteiger partial charge >= 0.3 is 0 Å². The van der Waals surface area contributed by atoms with Crippen LogP contribution in [-0.4, -0.2) is 47.5 Å². The molecule has 17 heavy (non-hydrogen) atoms. The zero-order valence-corrected chi connectivity index (χ0v) is 10.4. The van der Waals surface area contributed by atoms with Crippen LogP contribution in [0.15, 0.2) is 12.3 Å². The second-order valence-corrected chi connectivity index (χ2v) is 4.65. The number of hydrogen-bond donors (Lipinski definition) is 1. The number of ether oxygens (including phenoxy) is 1. The fraction of sp³-hybridized carbons (Fsp3) is 0.667. The van der Waals surface area contributed by atoms with Crippen molar-refractivity contribution in [3.63, 3.8) is 0 Å². The summed E-state index contributed by atoms with van der Waals surface area (Å²) in [5.74, 6) is 1.59. The second kappa shape index (κ2) is 4.98. The number of nitrogens with zero attached hydrogens (tertiary/aromatic N) is 3. The maximum absolute atomic E-state index is 10.4. The second-order valence-electron chi connectivity index (χ2n) is 4.65. The third-order valence-electron chi connectivity index (χ3n) is 3.11. The molecule has 0 aliphatic carbocycles. The minimum absolute atomic E-state index is 0.576. The Hall–Kier alpha value is -1.20. The van der Waals surface area contributed by atoms with E-state index in [0.717, 1.165) is 11.6 Å². The molecule has 0 spiro atoms. The number of aryl methyl sites for hydroxylation is 1. The molecule has 1 aromatic heterocycles. The van der Waals surface area contributed by atoms with Gasteiger partial charge in [-0.15, -0.1) is 0 Å². The van der Waals surface area contributed by atoms with Crippen LogP contribution >= 0.6 is 0 Å². The largest absolute Gasteiger partial charge is 0.388 e. The molecule has 2 heterocycles. The Morgan fingerprint density at radius 3 is 2.82 bits per heavy atom. The van der Waals surface area contributed by atoms with Crippen LogP contribution in [0.25, 0.3) is 0 Å². The van der Waals surface area contributed by atoms with Crippen molar-refractivity contribution in [2.45, 2.75) is 25.4 Å². The first-order valence-corrected chi connectivity index (χ1v) is 5.90. The molecule has 0 unspecified atom stereocenters. The predicted octanol–water partition coefficient (Wildman–Crippen LogP) is 0.763. The Labute approximate surface area is 101 Å². The summed E-state index contributed by atoms with van der Waals surface area (Å²) in [6.07, 6.45) is 3.10. The van der Waals surface area contributed by atoms with Crippen molar-refractivity contribution >= 4 is 5.82 Å². The SMILES string of the molecule is Cc1nccc(N(C)CC2(O)CCOCC2)n1. The van der Waals surface area contributed by atoms with Gasteiger partial charge in [-0.25, -0.2) is 9.97 Å². The Morgan fingerprint density at radius 2 is 2.18 bits per heavy atom. The lowest BCUT2D eigenvalue weighted by Crippen LogP contribution is -2.46. The topological polar surface area (TPSA) is 58.5 Å². The molecule has 0 bridgehead atoms. The van der Waals surface area contributed by atoms with Gasteiger partial charge < -0.3 is 14.7 Å². The maximum Gasteiger partial charge on any atom is 0.132 e. The average molecular weight is 237 g/mol. The Bertz CT molecular complexity index is 378. The summed E-state index contributed by atoms with van der Waals surface area (Å²) in [6, 6.07) is 1.86. The molecule has 0 radical (unpaired) electrons. The first-order chi connectivity index (χ1) is 8.09. The molecule has 1 aromatic rings. The minimum atomic E-state index is -0.661. The molecule has 1 aliphatic rings. The highest BCUT2D eigenvalue weighted by atomic mass is 16.5. The van der Waals surface area contributed by atoms with Gasteiger partial charge in [-0.3, -0.25) is 0 Å². The molecule has 5 nitrogen and oxygen atoms in total. The molecule has 0 saturated carbocycles. The van der Waals surface area contributed by atoms with Gasteiger partial charge in [-0.1, -0.05) is 0 Å². The maximum atomic E-state index is 10.4. The highest BCUT2D eigenvalue weighted by Crippen LogP contribution is 2.23. The fourth-order valence-corrected chi connectivity index (χ4v) is 2.09. The molecule has 1 fully saturated rings. The molecule has 0 aromatic carbocycles. The van der Waals surface area contributed by atoms with Gasteiger partial charge in [-0.05, 0) is 13.0 Å². The zero-order valence-electron chi connectivity index (χ0n) is 10.4. The molecule has 94 valence electrons. The quantitative estimate of drug-likeness (QED) is 0.841. The smallest absolute Gasteiger partial charge is 0.132 e. The van der Waals surface area contributed by atoms with E-state index in [1.165, 1.54) is 0 Å². The van der Waals surface area contributed by atoms with Crippen molar-refractivity contribution < 1.29 is 9.84 Å². The third kappa shape index (κ3) is 3.14. The molecular weight excluding hydrogens is 218 g/mol. The van der Waals surface area contributed by atoms with E-state index in [2.05, 4.69) is 9.97 Å². The number of aromatic nitrogens is 2. The van der Waals surface area contributed by atoms with E-state index < -0.39 is 5.60 Å². The van der Waals surface area contributed by atoms with Crippen LogP contribution < -0.4 is 4.90 Å². The van der Waals surface area contributed by atoms with E-state index in [1.807, 2.05) is 24.9 Å². The van der Waals surface area contributed by atoms with Crippen molar-refractivity contribution in [1.29, 1.82) is 0 Å². The van der Waals surface area contributed by atoms with Crippen LogP contribution in [-0.2, 0) is 4.74 Å². The molecule has 0 amide bonds. The summed E-state index contributed by atoms with van der Waals surface area (Å²) in [7, 11) is 1.94. The predicted molar refractivity (Wildman–Crippen MR) is 65.0 cm³/mol. The molecule has 1 aliphatic heterocycles. The van der Waals surface area contributed by atoms with Gasteiger partial charge in [0.25, 0.3) is 0 Å². The number of anilines is 1. The van der Waals surface area contributed by atoms with Crippen molar-refractivity contribution in [3.05, 3.63) is 18.1 Å². The van der Waals surface area contributed by atoms with E-state index in [0.29, 0.717) is 32.6 Å². The van der Waals surface area contributed by atoms with Crippen molar-refractivity contribution in [3.8, 4) is 0 Å². The lowest BCUT2D eigenvalue weighted by molar-refractivity contribution is -0.0573. The van der Waals surface area contributed by atoms with Crippen LogP contribution in [0.3, 0.4) is 0 Å². The Kier molecular flexibility index (Phi) is 3.59. The number of rotatable bonds is 3. The fourth-order valence-electron chi connectivity index (χ4n) is 2.09. The number of aliphatic hydroxyl groups is 1. The number of likely N-dealkylation sites (N-methyl/N-ethyl adjacent to an activating group) is 1. The Morgan fingerprint density at radius 1 is 1.47 bits per heavy atom. The lowest BCUT2D eigenvalue weighted by Gasteiger charge is -2.35. The van der Waals surface area contributed by atoms with Crippen LogP contribution in [0.5, 0.6) is 0 Å². The number of hydrogen-bond acceptors (Lipinski definition) is 5. The van der Waals surface area contributed by atoms with Crippen LogP contribution in [0.4, 0.5) is 5.82 Å². The highest BCUT2D eigenvalue weighted by molar-refractivity contribution is 5.36. The molecule has 1 saturated heterocycles. The van der Waals surface area contributed by atoms with E-state index in [-0.39, 0.29) is 0 Å². The van der Waals surface area contributed by atoms with Crippen LogP contribution in [0.2, 0.25) is 0 Å². The molecule has 2 rings (SSSR count). The van der Waals surface area contributed by atoms with E-state index >= 15 is 0 Å². The van der Waals surface area contributed by atoms with Crippen LogP contribution in [0, 0.1) is 6.92 Å². The first-order valence-electron chi connectivity index (χ1n) is 5.90. The summed E-state index contributed by atoms with van der Waals surface area (Å²) >= 11 is 0. The normalized spacial score (nSPS) is 19.0. The van der Waals surface area contributed by atoms with Crippen molar-refractivity contribution in [2.75, 3.05) is 31.7 Å². The van der Waals surface area contributed by atoms with E-state index in [4.69, 9.17) is 4.74 Å². The standard InChI is InChI=1S/C12H19N3O2/c1-10-13-6-3-11(14-10)15(2)9-12(16)4-7-17-8-5-12/h3,6,16H,4-5,7-9H2,1-2H3. The third-order valence-corrected chi connectivity index (χ3v) is 3.11. The van der Waals surface area contributed by atoms with Gasteiger partial charge in [0, 0.05) is 45.8 Å². The summed E-state index contributed by atoms with van der Waals surface area (Å²) in [5, 5.41) is 10.4. The lowest BCUT2D eigenvalue weighted by atomic mass is 9.94. The molecular formula is C12H19N3O2. The van der Waals surface area contributed by atoms with Gasteiger partial charge in [0.15, 0.2) is 0 Å². The highest BCUT2D eigenvalue weighted by Gasteiger charge is 2.31. The van der Waals surface area contributed by atoms with Gasteiger partial charge in [0.2, 0.25) is 0 Å². The van der Waals surface area contributed by atoms with Crippen molar-refractivity contribution in [1.82, 2.24) is 9.97 Å². The molecule has 1 N–H and O–H groups in total. The summed E-state index contributed by atoms with van der Waals surface area (Å²) in [6.45, 7) is 3.70. The molecule has 0 atom stereocenters. The van der Waals surface area contributed by atoms with Gasteiger partial charge in [0.1, 0.15) is 11.6 Å². The monoisotopic (exact) mass is 237 g/mol. The summed E-state index contributed by atoms with van der Waals surface area (Å²) < 4.78 is 5.27. The minimum Gasteiger partial charge on any atom is -0.388 e. The zero-order chi connectivity index (χ0) is 12.3. The van der Waals surface area contributed by atoms with Gasteiger partial charge in [-0.2, -0.15) is 0 Å². The van der Waals surface area contributed by atoms with E-state index in [9.17, 15) is 5.11 Å². The van der Waals surface area contributed by atoms with Crippen molar-refractivity contribution in [2.24, 2.45) is 0 Å². The average Bonchev–Trinajstić information content (AvgIpc) is 2.29. The van der Waals surface area contributed by atoms with Gasteiger partial charge in [0.05, 0.1) is 5.60 Å². The van der Waals surface area contributed by atoms with E-state index in [1.54, 1.807) is 6.20 Å². The summed E-state index contributed by atoms with van der Waals surface area (Å²) in [4.78, 5) is 10.4. The first kappa shape index (κ1) is 12.3. The Balaban J connectivity index is 2.03.